The van der Waals surface area contributed by atoms with Crippen molar-refractivity contribution in [1.82, 2.24) is 20.1 Å². The van der Waals surface area contributed by atoms with Gasteiger partial charge in [-0.15, -0.1) is 0 Å². The smallest absolute Gasteiger partial charge is 0.255 e. The first-order valence-electron chi connectivity index (χ1n) is 7.75. The molecule has 0 aliphatic heterocycles. The molecule has 0 spiro atoms. The van der Waals surface area contributed by atoms with E-state index < -0.39 is 0 Å². The zero-order chi connectivity index (χ0) is 16.3. The maximum absolute atomic E-state index is 12.6. The van der Waals surface area contributed by atoms with Crippen LogP contribution in [0.2, 0.25) is 0 Å². The average Bonchev–Trinajstić information content (AvgIpc) is 2.80. The van der Waals surface area contributed by atoms with E-state index in [2.05, 4.69) is 15.4 Å². The molecule has 5 nitrogen and oxygen atoms in total. The fourth-order valence-electron chi connectivity index (χ4n) is 2.63. The predicted octanol–water partition coefficient (Wildman–Crippen LogP) is 3.10. The molecule has 0 radical (unpaired) electrons. The summed E-state index contributed by atoms with van der Waals surface area (Å²) in [5.74, 6) is -0.0797. The minimum absolute atomic E-state index is 0.0797. The van der Waals surface area contributed by atoms with E-state index in [9.17, 15) is 4.79 Å². The second-order valence-corrected chi connectivity index (χ2v) is 5.56. The summed E-state index contributed by atoms with van der Waals surface area (Å²) in [6, 6.07) is 3.90. The van der Waals surface area contributed by atoms with Crippen LogP contribution >= 0.6 is 0 Å². The number of pyridine rings is 1. The Kier molecular flexibility index (Phi) is 4.96. The van der Waals surface area contributed by atoms with Gasteiger partial charge >= 0.3 is 0 Å². The summed E-state index contributed by atoms with van der Waals surface area (Å²) >= 11 is 0. The summed E-state index contributed by atoms with van der Waals surface area (Å²) in [6.45, 7) is 10.6. The Bertz CT molecular complexity index is 658. The summed E-state index contributed by atoms with van der Waals surface area (Å²) in [4.78, 5) is 17.1. The average molecular weight is 300 g/mol. The molecule has 0 aromatic carbocycles. The molecule has 2 rings (SSSR count). The number of carbonyl (C=O) groups is 1. The first-order chi connectivity index (χ1) is 10.5. The zero-order valence-electron chi connectivity index (χ0n) is 14.0. The molecule has 1 atom stereocenters. The van der Waals surface area contributed by atoms with Gasteiger partial charge in [0, 0.05) is 18.4 Å². The number of nitrogens with zero attached hydrogens (tertiary/aromatic N) is 3. The Hall–Kier alpha value is -2.17. The van der Waals surface area contributed by atoms with Crippen LogP contribution in [0.4, 0.5) is 0 Å². The number of hydrogen-bond acceptors (Lipinski definition) is 3. The van der Waals surface area contributed by atoms with Crippen LogP contribution in [-0.4, -0.2) is 20.7 Å². The second-order valence-electron chi connectivity index (χ2n) is 5.56. The third kappa shape index (κ3) is 3.18. The van der Waals surface area contributed by atoms with Crippen molar-refractivity contribution in [2.75, 3.05) is 0 Å². The molecule has 0 saturated carbocycles. The molecule has 0 saturated heterocycles. The summed E-state index contributed by atoms with van der Waals surface area (Å²) in [6.07, 6.45) is 2.62. The van der Waals surface area contributed by atoms with Gasteiger partial charge in [0.05, 0.1) is 23.0 Å². The van der Waals surface area contributed by atoms with E-state index in [4.69, 9.17) is 0 Å². The number of rotatable bonds is 5. The molecule has 2 aromatic heterocycles. The van der Waals surface area contributed by atoms with Gasteiger partial charge in [-0.2, -0.15) is 5.10 Å². The van der Waals surface area contributed by atoms with Gasteiger partial charge in [-0.3, -0.25) is 14.5 Å². The molecule has 1 N–H and O–H groups in total. The second kappa shape index (κ2) is 6.73. The van der Waals surface area contributed by atoms with E-state index in [0.717, 1.165) is 35.6 Å². The predicted molar refractivity (Wildman–Crippen MR) is 86.8 cm³/mol. The Morgan fingerprint density at radius 3 is 2.50 bits per heavy atom. The summed E-state index contributed by atoms with van der Waals surface area (Å²) in [7, 11) is 0. The van der Waals surface area contributed by atoms with Crippen molar-refractivity contribution >= 4 is 5.91 Å². The van der Waals surface area contributed by atoms with E-state index in [1.807, 2.05) is 57.6 Å². The van der Waals surface area contributed by atoms with Gasteiger partial charge in [-0.05, 0) is 45.7 Å². The fraction of sp³-hybridized carbons (Fsp3) is 0.471. The van der Waals surface area contributed by atoms with Gasteiger partial charge < -0.3 is 5.32 Å². The van der Waals surface area contributed by atoms with Crippen molar-refractivity contribution in [3.05, 3.63) is 46.5 Å². The molecule has 0 aliphatic carbocycles. The Morgan fingerprint density at radius 2 is 2.00 bits per heavy atom. The maximum atomic E-state index is 12.6. The van der Waals surface area contributed by atoms with Crippen LogP contribution in [0.3, 0.4) is 0 Å². The lowest BCUT2D eigenvalue weighted by Gasteiger charge is -2.17. The Balaban J connectivity index is 2.23. The molecule has 0 fully saturated rings. The minimum Gasteiger partial charge on any atom is -0.344 e. The number of aryl methyl sites for hydroxylation is 3. The highest BCUT2D eigenvalue weighted by atomic mass is 16.1. The minimum atomic E-state index is -0.0862. The van der Waals surface area contributed by atoms with E-state index >= 15 is 0 Å². The Morgan fingerprint density at radius 1 is 1.27 bits per heavy atom. The highest BCUT2D eigenvalue weighted by Crippen LogP contribution is 2.18. The number of aromatic nitrogens is 3. The van der Waals surface area contributed by atoms with Crippen molar-refractivity contribution in [2.45, 2.75) is 53.6 Å². The topological polar surface area (TPSA) is 59.8 Å². The van der Waals surface area contributed by atoms with Crippen LogP contribution < -0.4 is 5.32 Å². The largest absolute Gasteiger partial charge is 0.344 e. The molecule has 1 amide bonds. The standard InChI is InChI=1S/C17H24N4O/c1-6-14(15-9-8-11(3)10-18-15)19-17(22)16-12(4)20-21(7-2)13(16)5/h8-10,14H,6-7H2,1-5H3,(H,19,22)/t14-/m1/s1. The van der Waals surface area contributed by atoms with Gasteiger partial charge in [0.15, 0.2) is 0 Å². The molecule has 118 valence electrons. The number of amides is 1. The SMILES string of the molecule is CC[C@@H](NC(=O)c1c(C)nn(CC)c1C)c1ccc(C)cn1. The van der Waals surface area contributed by atoms with Gasteiger partial charge in [-0.1, -0.05) is 13.0 Å². The van der Waals surface area contributed by atoms with E-state index in [1.165, 1.54) is 0 Å². The fourth-order valence-corrected chi connectivity index (χ4v) is 2.63. The van der Waals surface area contributed by atoms with Crippen LogP contribution in [0.15, 0.2) is 18.3 Å². The van der Waals surface area contributed by atoms with E-state index in [0.29, 0.717) is 5.56 Å². The molecule has 0 bridgehead atoms. The van der Waals surface area contributed by atoms with Crippen molar-refractivity contribution in [3.8, 4) is 0 Å². The van der Waals surface area contributed by atoms with E-state index in [1.54, 1.807) is 0 Å². The van der Waals surface area contributed by atoms with Crippen molar-refractivity contribution in [1.29, 1.82) is 0 Å². The lowest BCUT2D eigenvalue weighted by Crippen LogP contribution is -2.29. The normalized spacial score (nSPS) is 12.2. The van der Waals surface area contributed by atoms with Gasteiger partial charge in [-0.25, -0.2) is 0 Å². The van der Waals surface area contributed by atoms with Crippen LogP contribution in [-0.2, 0) is 6.54 Å². The number of hydrogen-bond donors (Lipinski definition) is 1. The molecule has 2 heterocycles. The van der Waals surface area contributed by atoms with Gasteiger partial charge in [0.1, 0.15) is 0 Å². The van der Waals surface area contributed by atoms with Crippen LogP contribution in [0.1, 0.15) is 59.3 Å². The molecular formula is C17H24N4O. The van der Waals surface area contributed by atoms with Gasteiger partial charge in [0.2, 0.25) is 0 Å². The summed E-state index contributed by atoms with van der Waals surface area (Å²) < 4.78 is 1.86. The van der Waals surface area contributed by atoms with Crippen LogP contribution in [0.25, 0.3) is 0 Å². The summed E-state index contributed by atoms with van der Waals surface area (Å²) in [5.41, 5.74) is 4.35. The van der Waals surface area contributed by atoms with Crippen molar-refractivity contribution < 1.29 is 4.79 Å². The lowest BCUT2D eigenvalue weighted by atomic mass is 10.1. The highest BCUT2D eigenvalue weighted by molar-refractivity contribution is 5.96. The van der Waals surface area contributed by atoms with Crippen molar-refractivity contribution in [2.24, 2.45) is 0 Å². The summed E-state index contributed by atoms with van der Waals surface area (Å²) in [5, 5.41) is 7.49. The molecular weight excluding hydrogens is 276 g/mol. The molecule has 22 heavy (non-hydrogen) atoms. The van der Waals surface area contributed by atoms with Crippen molar-refractivity contribution in [3.63, 3.8) is 0 Å². The number of carbonyl (C=O) groups excluding carboxylic acids is 1. The first kappa shape index (κ1) is 16.2. The zero-order valence-corrected chi connectivity index (χ0v) is 14.0. The molecule has 5 heteroatoms. The molecule has 2 aromatic rings. The monoisotopic (exact) mass is 300 g/mol. The molecule has 0 aliphatic rings. The Labute approximate surface area is 131 Å². The van der Waals surface area contributed by atoms with E-state index in [-0.39, 0.29) is 11.9 Å². The van der Waals surface area contributed by atoms with Crippen LogP contribution in [0.5, 0.6) is 0 Å². The number of nitrogens with one attached hydrogen (secondary N) is 1. The van der Waals surface area contributed by atoms with Crippen LogP contribution in [0, 0.1) is 20.8 Å². The quantitative estimate of drug-likeness (QED) is 0.923. The van der Waals surface area contributed by atoms with Gasteiger partial charge in [0.25, 0.3) is 5.91 Å². The maximum Gasteiger partial charge on any atom is 0.255 e. The third-order valence-corrected chi connectivity index (χ3v) is 3.91. The third-order valence-electron chi connectivity index (χ3n) is 3.91. The molecule has 0 unspecified atom stereocenters. The lowest BCUT2D eigenvalue weighted by molar-refractivity contribution is 0.0933. The first-order valence-corrected chi connectivity index (χ1v) is 7.75. The highest BCUT2D eigenvalue weighted by Gasteiger charge is 2.21.